The van der Waals surface area contributed by atoms with Crippen molar-refractivity contribution in [3.63, 3.8) is 0 Å². The number of benzene rings is 3. The van der Waals surface area contributed by atoms with Gasteiger partial charge in [0.15, 0.2) is 0 Å². The Balaban J connectivity index is 1.57. The normalized spacial score (nSPS) is 11.7. The Morgan fingerprint density at radius 3 is 2.23 bits per heavy atom. The molecule has 0 unspecified atom stereocenters. The van der Waals surface area contributed by atoms with E-state index in [0.717, 1.165) is 11.1 Å². The summed E-state index contributed by atoms with van der Waals surface area (Å²) in [6, 6.07) is 23.7. The van der Waals surface area contributed by atoms with Gasteiger partial charge in [-0.15, -0.1) is 0 Å². The van der Waals surface area contributed by atoms with Crippen LogP contribution in [-0.2, 0) is 10.0 Å². The molecule has 0 aliphatic rings. The van der Waals surface area contributed by atoms with Gasteiger partial charge in [0.2, 0.25) is 0 Å². The maximum absolute atomic E-state index is 12.0. The number of rotatable bonds is 8. The third kappa shape index (κ3) is 6.48. The number of carbonyl (C=O) groups excluding carboxylic acids is 1. The molecule has 3 aromatic carbocycles. The van der Waals surface area contributed by atoms with Crippen LogP contribution in [0, 0.1) is 0 Å². The molecule has 1 heterocycles. The minimum absolute atomic E-state index is 0.115. The summed E-state index contributed by atoms with van der Waals surface area (Å²) < 4.78 is 27.1. The van der Waals surface area contributed by atoms with Crippen molar-refractivity contribution >= 4 is 51.7 Å². The van der Waals surface area contributed by atoms with Gasteiger partial charge >= 0.3 is 208 Å². The maximum atomic E-state index is 12.0. The van der Waals surface area contributed by atoms with E-state index in [-0.39, 0.29) is 19.4 Å². The number of amides is 2. The van der Waals surface area contributed by atoms with Gasteiger partial charge in [-0.05, 0) is 0 Å². The molecule has 0 aliphatic heterocycles. The fraction of sp³-hybridized carbons (Fsp3) is 0. The number of carbonyl (C=O) groups is 1. The summed E-state index contributed by atoms with van der Waals surface area (Å²) in [5.74, 6) is 0. The van der Waals surface area contributed by atoms with Gasteiger partial charge in [0.05, 0.1) is 0 Å². The first kappa shape index (κ1) is 24.0. The molecule has 1 aromatic heterocycles. The van der Waals surface area contributed by atoms with Crippen LogP contribution in [0.3, 0.4) is 0 Å². The molecule has 35 heavy (non-hydrogen) atoms. The summed E-state index contributed by atoms with van der Waals surface area (Å²) in [4.78, 5) is 15.4. The molecule has 4 aromatic rings. The molecule has 4 N–H and O–H groups in total. The summed E-state index contributed by atoms with van der Waals surface area (Å²) in [6.07, 6.45) is 1.71. The zero-order valence-electron chi connectivity index (χ0n) is 18.1. The van der Waals surface area contributed by atoms with Crippen LogP contribution in [0.1, 0.15) is 5.56 Å². The number of urea groups is 1. The van der Waals surface area contributed by atoms with E-state index in [1.165, 1.54) is 24.3 Å². The van der Waals surface area contributed by atoms with Gasteiger partial charge in [-0.1, -0.05) is 0 Å². The Morgan fingerprint density at radius 1 is 0.914 bits per heavy atom. The van der Waals surface area contributed by atoms with Crippen molar-refractivity contribution in [3.05, 3.63) is 90.5 Å². The molecule has 10 nitrogen and oxygen atoms in total. The number of sulfonamides is 1. The van der Waals surface area contributed by atoms with E-state index in [1.54, 1.807) is 10.9 Å². The summed E-state index contributed by atoms with van der Waals surface area (Å²) >= 11 is -0.280. The van der Waals surface area contributed by atoms with Crippen LogP contribution in [0.25, 0.3) is 11.3 Å². The number of hydrogen-bond donors (Lipinski definition) is 3. The molecule has 4 rings (SSSR count). The van der Waals surface area contributed by atoms with Gasteiger partial charge in [-0.3, -0.25) is 0 Å². The Kier molecular flexibility index (Phi) is 7.46. The van der Waals surface area contributed by atoms with Gasteiger partial charge in [-0.2, -0.15) is 0 Å². The Bertz CT molecular complexity index is 1470. The molecule has 0 atom stereocenters. The van der Waals surface area contributed by atoms with Crippen LogP contribution in [0.15, 0.2) is 105 Å². The number of azo groups is 1. The molecule has 0 aliphatic carbocycles. The average molecular weight is 552 g/mol. The van der Waals surface area contributed by atoms with Crippen LogP contribution in [0.5, 0.6) is 0 Å². The van der Waals surface area contributed by atoms with Gasteiger partial charge in [0.25, 0.3) is 0 Å². The van der Waals surface area contributed by atoms with Crippen LogP contribution in [0.4, 0.5) is 19.7 Å². The molecule has 0 spiro atoms. The number of nitrogens with zero attached hydrogens (tertiary/aromatic N) is 4. The molecular weight excluding hydrogens is 533 g/mol. The minimum atomic E-state index is -4.03. The number of hydrazone groups is 1. The van der Waals surface area contributed by atoms with Crippen LogP contribution < -0.4 is 15.9 Å². The van der Waals surface area contributed by atoms with Crippen LogP contribution in [-0.4, -0.2) is 40.2 Å². The first-order valence-corrected chi connectivity index (χ1v) is 13.3. The summed E-state index contributed by atoms with van der Waals surface area (Å²) in [6.45, 7) is 0. The summed E-state index contributed by atoms with van der Waals surface area (Å²) in [5, 5.41) is 12.9. The first-order chi connectivity index (χ1) is 16.9. The van der Waals surface area contributed by atoms with E-state index in [0.29, 0.717) is 20.6 Å². The average Bonchev–Trinajstić information content (AvgIpc) is 3.26. The third-order valence-electron chi connectivity index (χ3n) is 4.47. The fourth-order valence-electron chi connectivity index (χ4n) is 2.90. The molecule has 0 bridgehead atoms. The summed E-state index contributed by atoms with van der Waals surface area (Å²) in [7, 11) is -4.03. The van der Waals surface area contributed by atoms with E-state index in [1.807, 2.05) is 60.7 Å². The van der Waals surface area contributed by atoms with E-state index in [2.05, 4.69) is 25.7 Å². The number of hydrogen-bond acceptors (Lipinski definition) is 8. The topological polar surface area (TPSA) is 151 Å². The number of nitrogens with one attached hydrogen (secondary N) is 2. The molecular formula is C23H19N7O3SSe. The third-order valence-corrected chi connectivity index (χ3v) is 7.60. The number of aromatic nitrogens is 1. The standard InChI is InChI=1S/C23H19N7O3SSe/c24-22(31)30-34(32,33)19-13-11-18(12-14-19)27-28-21-20(17-9-5-2-6-10-17)26-23(35-21)29-25-15-16-7-3-1-4-8-16/h1-15H,(H,26,29)(H3,24,30,31). The molecule has 176 valence electrons. The molecule has 0 fully saturated rings. The second-order valence-corrected chi connectivity index (χ2v) is 10.7. The summed E-state index contributed by atoms with van der Waals surface area (Å²) in [5.41, 5.74) is 10.9. The molecule has 0 saturated carbocycles. The van der Waals surface area contributed by atoms with Crippen LogP contribution in [0.2, 0.25) is 0 Å². The van der Waals surface area contributed by atoms with Crippen molar-refractivity contribution < 1.29 is 13.2 Å². The van der Waals surface area contributed by atoms with Crippen molar-refractivity contribution in [1.29, 1.82) is 0 Å². The monoisotopic (exact) mass is 553 g/mol. The van der Waals surface area contributed by atoms with Crippen molar-refractivity contribution in [2.75, 3.05) is 5.43 Å². The van der Waals surface area contributed by atoms with Crippen LogP contribution >= 0.6 is 0 Å². The molecule has 0 saturated heterocycles. The van der Waals surface area contributed by atoms with Gasteiger partial charge in [-0.25, -0.2) is 0 Å². The zero-order valence-corrected chi connectivity index (χ0v) is 20.6. The van der Waals surface area contributed by atoms with Gasteiger partial charge < -0.3 is 0 Å². The van der Waals surface area contributed by atoms with E-state index >= 15 is 0 Å². The van der Waals surface area contributed by atoms with Gasteiger partial charge in [0, 0.05) is 0 Å². The predicted octanol–water partition coefficient (Wildman–Crippen LogP) is 4.02. The molecule has 2 amide bonds. The molecule has 0 radical (unpaired) electrons. The van der Waals surface area contributed by atoms with Crippen molar-refractivity contribution in [1.82, 2.24) is 9.71 Å². The quantitative estimate of drug-likeness (QED) is 0.131. The Labute approximate surface area is 207 Å². The first-order valence-electron chi connectivity index (χ1n) is 10.2. The Morgan fingerprint density at radius 2 is 1.57 bits per heavy atom. The van der Waals surface area contributed by atoms with E-state index < -0.39 is 16.1 Å². The van der Waals surface area contributed by atoms with Crippen molar-refractivity contribution in [2.45, 2.75) is 4.90 Å². The van der Waals surface area contributed by atoms with Crippen molar-refractivity contribution in [3.8, 4) is 11.3 Å². The second kappa shape index (κ2) is 10.9. The Hall–Kier alpha value is -4.12. The number of nitrogens with two attached hydrogens (primary N) is 1. The zero-order chi connectivity index (χ0) is 24.7. The van der Waals surface area contributed by atoms with E-state index in [9.17, 15) is 13.2 Å². The van der Waals surface area contributed by atoms with E-state index in [4.69, 9.17) is 5.73 Å². The van der Waals surface area contributed by atoms with Crippen molar-refractivity contribution in [2.24, 2.45) is 21.1 Å². The number of anilines is 1. The second-order valence-electron chi connectivity index (χ2n) is 6.98. The predicted molar refractivity (Wildman–Crippen MR) is 135 cm³/mol. The SMILES string of the molecule is NC(=O)NS(=O)(=O)c1ccc(N=Nc2[se]c(NN=Cc3ccccc3)nc2-c2ccccc2)cc1. The van der Waals surface area contributed by atoms with Gasteiger partial charge in [0.1, 0.15) is 0 Å². The fourth-order valence-corrected chi connectivity index (χ4v) is 5.37. The number of primary amides is 1. The molecule has 12 heteroatoms.